The molecule has 0 atom stereocenters. The number of hydrogen-bond acceptors (Lipinski definition) is 1. The molecular weight excluding hydrogens is 274 g/mol. The maximum absolute atomic E-state index is 13.6. The summed E-state index contributed by atoms with van der Waals surface area (Å²) >= 11 is 0. The lowest BCUT2D eigenvalue weighted by Gasteiger charge is -2.39. The Morgan fingerprint density at radius 2 is 1.76 bits per heavy atom. The second-order valence-electron chi connectivity index (χ2n) is 6.12. The molecule has 1 fully saturated rings. The van der Waals surface area contributed by atoms with E-state index in [1.54, 1.807) is 0 Å². The van der Waals surface area contributed by atoms with Crippen LogP contribution < -0.4 is 10.2 Å². The van der Waals surface area contributed by atoms with Crippen LogP contribution in [0.5, 0.6) is 0 Å². The first kappa shape index (κ1) is 15.9. The number of halogens is 2. The van der Waals surface area contributed by atoms with E-state index in [-0.39, 0.29) is 5.54 Å². The molecule has 0 unspecified atom stereocenters. The van der Waals surface area contributed by atoms with Crippen molar-refractivity contribution in [3.05, 3.63) is 35.4 Å². The van der Waals surface area contributed by atoms with Gasteiger partial charge in [0.25, 0.3) is 5.91 Å². The van der Waals surface area contributed by atoms with Crippen LogP contribution in [0.4, 0.5) is 8.78 Å². The fraction of sp³-hybridized carbons (Fsp3) is 0.562. The molecule has 1 saturated carbocycles. The van der Waals surface area contributed by atoms with E-state index in [9.17, 15) is 13.6 Å². The summed E-state index contributed by atoms with van der Waals surface area (Å²) < 4.78 is 27.2. The number of hydrogen-bond donors (Lipinski definition) is 2. The standard InChI is InChI=1S/C16H22F2N2O/c1-20(2)16(9-4-3-5-10-16)11-19-15(21)14-12(17)7-6-8-13(14)18/h6-8H,3-5,9-11H2,1-2H3,(H,19,21)/p+1. The van der Waals surface area contributed by atoms with Gasteiger partial charge in [-0.3, -0.25) is 4.79 Å². The fourth-order valence-corrected chi connectivity index (χ4v) is 3.13. The maximum Gasteiger partial charge on any atom is 0.257 e. The Hall–Kier alpha value is -1.49. The average molecular weight is 297 g/mol. The summed E-state index contributed by atoms with van der Waals surface area (Å²) in [6.45, 7) is 0.446. The zero-order chi connectivity index (χ0) is 15.5. The van der Waals surface area contributed by atoms with E-state index in [1.165, 1.54) is 17.4 Å². The van der Waals surface area contributed by atoms with Crippen LogP contribution in [0.3, 0.4) is 0 Å². The summed E-state index contributed by atoms with van der Waals surface area (Å²) in [6.07, 6.45) is 5.53. The lowest BCUT2D eigenvalue weighted by Crippen LogP contribution is -3.16. The van der Waals surface area contributed by atoms with Crippen molar-refractivity contribution in [1.29, 1.82) is 0 Å². The molecule has 2 rings (SSSR count). The van der Waals surface area contributed by atoms with Crippen LogP contribution in [-0.4, -0.2) is 32.1 Å². The molecule has 0 heterocycles. The first-order valence-electron chi connectivity index (χ1n) is 7.49. The minimum Gasteiger partial charge on any atom is -0.346 e. The molecule has 1 aliphatic rings. The van der Waals surface area contributed by atoms with Crippen molar-refractivity contribution < 1.29 is 18.5 Å². The van der Waals surface area contributed by atoms with Crippen LogP contribution in [0.1, 0.15) is 42.5 Å². The normalized spacial score (nSPS) is 17.8. The average Bonchev–Trinajstić information content (AvgIpc) is 2.46. The Labute approximate surface area is 124 Å². The Morgan fingerprint density at radius 1 is 1.19 bits per heavy atom. The zero-order valence-electron chi connectivity index (χ0n) is 12.6. The van der Waals surface area contributed by atoms with Gasteiger partial charge in [-0.15, -0.1) is 0 Å². The third-order valence-corrected chi connectivity index (χ3v) is 4.65. The van der Waals surface area contributed by atoms with Gasteiger partial charge in [0.2, 0.25) is 0 Å². The highest BCUT2D eigenvalue weighted by molar-refractivity contribution is 5.94. The molecule has 0 spiro atoms. The number of carbonyl (C=O) groups is 1. The van der Waals surface area contributed by atoms with Crippen molar-refractivity contribution in [3.63, 3.8) is 0 Å². The second-order valence-corrected chi connectivity index (χ2v) is 6.12. The van der Waals surface area contributed by atoms with E-state index < -0.39 is 23.1 Å². The van der Waals surface area contributed by atoms with Crippen molar-refractivity contribution in [1.82, 2.24) is 5.32 Å². The van der Waals surface area contributed by atoms with Gasteiger partial charge in [0.05, 0.1) is 20.6 Å². The van der Waals surface area contributed by atoms with Gasteiger partial charge in [0.15, 0.2) is 0 Å². The third-order valence-electron chi connectivity index (χ3n) is 4.65. The molecule has 0 bridgehead atoms. The molecule has 21 heavy (non-hydrogen) atoms. The highest BCUT2D eigenvalue weighted by Gasteiger charge is 2.38. The maximum atomic E-state index is 13.6. The van der Waals surface area contributed by atoms with E-state index >= 15 is 0 Å². The molecule has 3 nitrogen and oxygen atoms in total. The SMILES string of the molecule is C[NH+](C)C1(CNC(=O)c2c(F)cccc2F)CCCCC1. The van der Waals surface area contributed by atoms with E-state index in [2.05, 4.69) is 19.4 Å². The van der Waals surface area contributed by atoms with Crippen molar-refractivity contribution in [3.8, 4) is 0 Å². The van der Waals surface area contributed by atoms with Gasteiger partial charge < -0.3 is 10.2 Å². The first-order chi connectivity index (χ1) is 9.96. The summed E-state index contributed by atoms with van der Waals surface area (Å²) in [7, 11) is 4.14. The molecule has 0 aliphatic heterocycles. The minimum absolute atomic E-state index is 0.0321. The second kappa shape index (κ2) is 6.52. The predicted octanol–water partition coefficient (Wildman–Crippen LogP) is 1.54. The lowest BCUT2D eigenvalue weighted by atomic mass is 9.80. The molecule has 1 aromatic carbocycles. The Balaban J connectivity index is 2.09. The smallest absolute Gasteiger partial charge is 0.257 e. The van der Waals surface area contributed by atoms with Gasteiger partial charge in [-0.2, -0.15) is 0 Å². The summed E-state index contributed by atoms with van der Waals surface area (Å²) in [5.41, 5.74) is -0.521. The molecule has 0 saturated heterocycles. The van der Waals surface area contributed by atoms with Gasteiger partial charge in [0.1, 0.15) is 22.7 Å². The van der Waals surface area contributed by atoms with Crippen LogP contribution >= 0.6 is 0 Å². The number of amides is 1. The number of likely N-dealkylation sites (N-methyl/N-ethyl adjacent to an activating group) is 1. The zero-order valence-corrected chi connectivity index (χ0v) is 12.6. The van der Waals surface area contributed by atoms with Crippen LogP contribution in [-0.2, 0) is 0 Å². The summed E-state index contributed by atoms with van der Waals surface area (Å²) in [5, 5.41) is 2.73. The fourth-order valence-electron chi connectivity index (χ4n) is 3.13. The number of rotatable bonds is 4. The molecule has 5 heteroatoms. The molecular formula is C16H23F2N2O+. The van der Waals surface area contributed by atoms with E-state index in [0.717, 1.165) is 37.8 Å². The Bertz CT molecular complexity index is 491. The number of nitrogens with one attached hydrogen (secondary N) is 2. The van der Waals surface area contributed by atoms with Crippen molar-refractivity contribution >= 4 is 5.91 Å². The lowest BCUT2D eigenvalue weighted by molar-refractivity contribution is -0.916. The van der Waals surface area contributed by atoms with E-state index in [4.69, 9.17) is 0 Å². The molecule has 1 aromatic rings. The summed E-state index contributed by atoms with van der Waals surface area (Å²) in [4.78, 5) is 13.4. The van der Waals surface area contributed by atoms with Gasteiger partial charge in [-0.25, -0.2) is 8.78 Å². The number of carbonyl (C=O) groups excluding carboxylic acids is 1. The quantitative estimate of drug-likeness (QED) is 0.868. The van der Waals surface area contributed by atoms with Crippen LogP contribution in [0.15, 0.2) is 18.2 Å². The predicted molar refractivity (Wildman–Crippen MR) is 77.3 cm³/mol. The highest BCUT2D eigenvalue weighted by Crippen LogP contribution is 2.25. The van der Waals surface area contributed by atoms with Crippen LogP contribution in [0, 0.1) is 11.6 Å². The topological polar surface area (TPSA) is 33.5 Å². The Kier molecular flexibility index (Phi) is 4.93. The molecule has 2 N–H and O–H groups in total. The molecule has 1 amide bonds. The molecule has 0 aromatic heterocycles. The Morgan fingerprint density at radius 3 is 2.29 bits per heavy atom. The monoisotopic (exact) mass is 297 g/mol. The largest absolute Gasteiger partial charge is 0.346 e. The minimum atomic E-state index is -0.817. The van der Waals surface area contributed by atoms with Crippen molar-refractivity contribution in [2.75, 3.05) is 20.6 Å². The first-order valence-corrected chi connectivity index (χ1v) is 7.49. The van der Waals surface area contributed by atoms with E-state index in [1.807, 2.05) is 0 Å². The van der Waals surface area contributed by atoms with Gasteiger partial charge in [-0.1, -0.05) is 12.5 Å². The van der Waals surface area contributed by atoms with Crippen molar-refractivity contribution in [2.24, 2.45) is 0 Å². The van der Waals surface area contributed by atoms with Gasteiger partial charge in [-0.05, 0) is 25.0 Å². The molecule has 0 radical (unpaired) electrons. The van der Waals surface area contributed by atoms with Gasteiger partial charge >= 0.3 is 0 Å². The molecule has 1 aliphatic carbocycles. The van der Waals surface area contributed by atoms with Crippen molar-refractivity contribution in [2.45, 2.75) is 37.6 Å². The molecule has 116 valence electrons. The van der Waals surface area contributed by atoms with Gasteiger partial charge in [0, 0.05) is 12.8 Å². The third kappa shape index (κ3) is 3.40. The summed E-state index contributed by atoms with van der Waals surface area (Å²) in [6, 6.07) is 3.46. The summed E-state index contributed by atoms with van der Waals surface area (Å²) in [5.74, 6) is -2.30. The number of benzene rings is 1. The number of quaternary nitrogens is 1. The van der Waals surface area contributed by atoms with E-state index in [0.29, 0.717) is 6.54 Å². The van der Waals surface area contributed by atoms with Crippen LogP contribution in [0.25, 0.3) is 0 Å². The van der Waals surface area contributed by atoms with Crippen LogP contribution in [0.2, 0.25) is 0 Å². The highest BCUT2D eigenvalue weighted by atomic mass is 19.1.